The molecule has 0 saturated carbocycles. The molecule has 14 heavy (non-hydrogen) atoms. The van der Waals surface area contributed by atoms with E-state index in [0.717, 1.165) is 13.0 Å². The van der Waals surface area contributed by atoms with E-state index in [9.17, 15) is 0 Å². The molecule has 1 unspecified atom stereocenters. The van der Waals surface area contributed by atoms with E-state index in [1.165, 1.54) is 45.3 Å². The van der Waals surface area contributed by atoms with E-state index in [0.29, 0.717) is 6.10 Å². The molecule has 0 bridgehead atoms. The standard InChI is InChI=1S/C12H25NO/c1-3-12(2)14-11-7-10-13-8-5-4-6-9-13/h12H,3-11H2,1-2H3. The van der Waals surface area contributed by atoms with Crippen LogP contribution in [0.3, 0.4) is 0 Å². The van der Waals surface area contributed by atoms with Crippen molar-refractivity contribution in [1.29, 1.82) is 0 Å². The van der Waals surface area contributed by atoms with E-state index in [2.05, 4.69) is 18.7 Å². The van der Waals surface area contributed by atoms with Gasteiger partial charge in [-0.05, 0) is 45.7 Å². The van der Waals surface area contributed by atoms with Gasteiger partial charge >= 0.3 is 0 Å². The van der Waals surface area contributed by atoms with Gasteiger partial charge in [0.05, 0.1) is 6.10 Å². The number of hydrogen-bond donors (Lipinski definition) is 0. The lowest BCUT2D eigenvalue weighted by atomic mass is 10.1. The van der Waals surface area contributed by atoms with Gasteiger partial charge in [0.2, 0.25) is 0 Å². The van der Waals surface area contributed by atoms with Gasteiger partial charge in [-0.15, -0.1) is 0 Å². The molecule has 1 aliphatic heterocycles. The smallest absolute Gasteiger partial charge is 0.0544 e. The fraction of sp³-hybridized carbons (Fsp3) is 1.00. The summed E-state index contributed by atoms with van der Waals surface area (Å²) < 4.78 is 5.66. The summed E-state index contributed by atoms with van der Waals surface area (Å²) in [4.78, 5) is 2.57. The van der Waals surface area contributed by atoms with E-state index in [-0.39, 0.29) is 0 Å². The van der Waals surface area contributed by atoms with Crippen LogP contribution in [0.4, 0.5) is 0 Å². The van der Waals surface area contributed by atoms with Crippen LogP contribution in [0.15, 0.2) is 0 Å². The van der Waals surface area contributed by atoms with E-state index in [1.54, 1.807) is 0 Å². The summed E-state index contributed by atoms with van der Waals surface area (Å²) in [6.07, 6.45) is 6.99. The molecule has 2 nitrogen and oxygen atoms in total. The monoisotopic (exact) mass is 199 g/mol. The lowest BCUT2D eigenvalue weighted by Crippen LogP contribution is -2.31. The fourth-order valence-electron chi connectivity index (χ4n) is 1.87. The summed E-state index contributed by atoms with van der Waals surface area (Å²) in [5, 5.41) is 0. The molecular weight excluding hydrogens is 174 g/mol. The molecule has 2 heteroatoms. The van der Waals surface area contributed by atoms with Gasteiger partial charge in [0.25, 0.3) is 0 Å². The van der Waals surface area contributed by atoms with Crippen LogP contribution >= 0.6 is 0 Å². The Bertz CT molecular complexity index is 132. The zero-order valence-electron chi connectivity index (χ0n) is 9.80. The first-order valence-corrected chi connectivity index (χ1v) is 6.17. The maximum atomic E-state index is 5.66. The van der Waals surface area contributed by atoms with Crippen molar-refractivity contribution in [1.82, 2.24) is 4.90 Å². The summed E-state index contributed by atoms with van der Waals surface area (Å²) in [5.74, 6) is 0. The lowest BCUT2D eigenvalue weighted by Gasteiger charge is -2.26. The molecule has 1 heterocycles. The number of rotatable bonds is 6. The Morgan fingerprint density at radius 2 is 1.93 bits per heavy atom. The van der Waals surface area contributed by atoms with Crippen molar-refractivity contribution in [2.45, 2.75) is 52.1 Å². The van der Waals surface area contributed by atoms with Crippen molar-refractivity contribution < 1.29 is 4.74 Å². The normalized spacial score (nSPS) is 21.0. The topological polar surface area (TPSA) is 12.5 Å². The third-order valence-electron chi connectivity index (χ3n) is 3.04. The van der Waals surface area contributed by atoms with E-state index < -0.39 is 0 Å². The second-order valence-corrected chi connectivity index (χ2v) is 4.35. The second kappa shape index (κ2) is 7.24. The van der Waals surface area contributed by atoms with Gasteiger partial charge < -0.3 is 9.64 Å². The Morgan fingerprint density at radius 1 is 1.21 bits per heavy atom. The minimum atomic E-state index is 0.441. The highest BCUT2D eigenvalue weighted by atomic mass is 16.5. The Balaban J connectivity index is 1.92. The summed E-state index contributed by atoms with van der Waals surface area (Å²) in [6, 6.07) is 0. The largest absolute Gasteiger partial charge is 0.378 e. The highest BCUT2D eigenvalue weighted by Gasteiger charge is 2.09. The van der Waals surface area contributed by atoms with E-state index in [4.69, 9.17) is 4.74 Å². The number of ether oxygens (including phenoxy) is 1. The Morgan fingerprint density at radius 3 is 2.57 bits per heavy atom. The van der Waals surface area contributed by atoms with Crippen LogP contribution in [0.25, 0.3) is 0 Å². The van der Waals surface area contributed by atoms with Crippen LogP contribution < -0.4 is 0 Å². The van der Waals surface area contributed by atoms with Crippen LogP contribution in [0.1, 0.15) is 46.0 Å². The molecule has 0 radical (unpaired) electrons. The average Bonchev–Trinajstić information content (AvgIpc) is 2.25. The van der Waals surface area contributed by atoms with Gasteiger partial charge in [0, 0.05) is 13.2 Å². The molecule has 0 aromatic heterocycles. The first kappa shape index (κ1) is 12.0. The molecule has 84 valence electrons. The fourth-order valence-corrected chi connectivity index (χ4v) is 1.87. The van der Waals surface area contributed by atoms with Gasteiger partial charge in [-0.2, -0.15) is 0 Å². The maximum absolute atomic E-state index is 5.66. The van der Waals surface area contributed by atoms with Crippen LogP contribution in [-0.4, -0.2) is 37.2 Å². The highest BCUT2D eigenvalue weighted by Crippen LogP contribution is 2.08. The minimum absolute atomic E-state index is 0.441. The SMILES string of the molecule is CCC(C)OCCCN1CCCCC1. The van der Waals surface area contributed by atoms with Crippen molar-refractivity contribution in [2.24, 2.45) is 0 Å². The second-order valence-electron chi connectivity index (χ2n) is 4.35. The first-order valence-electron chi connectivity index (χ1n) is 6.17. The maximum Gasteiger partial charge on any atom is 0.0544 e. The zero-order chi connectivity index (χ0) is 10.2. The van der Waals surface area contributed by atoms with Crippen LogP contribution in [0, 0.1) is 0 Å². The average molecular weight is 199 g/mol. The minimum Gasteiger partial charge on any atom is -0.378 e. The molecule has 0 N–H and O–H groups in total. The van der Waals surface area contributed by atoms with Crippen molar-refractivity contribution in [2.75, 3.05) is 26.2 Å². The molecule has 0 spiro atoms. The summed E-state index contributed by atoms with van der Waals surface area (Å²) in [7, 11) is 0. The van der Waals surface area contributed by atoms with Gasteiger partial charge in [-0.3, -0.25) is 0 Å². The molecule has 1 aliphatic rings. The number of piperidine rings is 1. The van der Waals surface area contributed by atoms with Crippen molar-refractivity contribution in [3.05, 3.63) is 0 Å². The van der Waals surface area contributed by atoms with Gasteiger partial charge in [0.15, 0.2) is 0 Å². The highest BCUT2D eigenvalue weighted by molar-refractivity contribution is 4.64. The molecule has 1 rings (SSSR count). The van der Waals surface area contributed by atoms with Crippen LogP contribution in [-0.2, 0) is 4.74 Å². The number of likely N-dealkylation sites (tertiary alicyclic amines) is 1. The van der Waals surface area contributed by atoms with Crippen molar-refractivity contribution in [3.63, 3.8) is 0 Å². The van der Waals surface area contributed by atoms with Gasteiger partial charge in [-0.25, -0.2) is 0 Å². The predicted octanol–water partition coefficient (Wildman–Crippen LogP) is 2.68. The molecule has 1 atom stereocenters. The Hall–Kier alpha value is -0.0800. The predicted molar refractivity (Wildman–Crippen MR) is 60.6 cm³/mol. The summed E-state index contributed by atoms with van der Waals surface area (Å²) in [5.41, 5.74) is 0. The third-order valence-corrected chi connectivity index (χ3v) is 3.04. The van der Waals surface area contributed by atoms with Gasteiger partial charge in [0.1, 0.15) is 0 Å². The number of hydrogen-bond acceptors (Lipinski definition) is 2. The first-order chi connectivity index (χ1) is 6.83. The van der Waals surface area contributed by atoms with Crippen LogP contribution in [0.5, 0.6) is 0 Å². The summed E-state index contributed by atoms with van der Waals surface area (Å²) >= 11 is 0. The van der Waals surface area contributed by atoms with E-state index >= 15 is 0 Å². The quantitative estimate of drug-likeness (QED) is 0.610. The molecular formula is C12H25NO. The van der Waals surface area contributed by atoms with Crippen LogP contribution in [0.2, 0.25) is 0 Å². The number of nitrogens with zero attached hydrogens (tertiary/aromatic N) is 1. The molecule has 0 amide bonds. The third kappa shape index (κ3) is 4.97. The molecule has 0 aromatic rings. The van der Waals surface area contributed by atoms with Crippen molar-refractivity contribution >= 4 is 0 Å². The Labute approximate surface area is 88.6 Å². The Kier molecular flexibility index (Phi) is 6.20. The zero-order valence-corrected chi connectivity index (χ0v) is 9.80. The van der Waals surface area contributed by atoms with Crippen molar-refractivity contribution in [3.8, 4) is 0 Å². The van der Waals surface area contributed by atoms with E-state index in [1.807, 2.05) is 0 Å². The molecule has 1 fully saturated rings. The summed E-state index contributed by atoms with van der Waals surface area (Å²) in [6.45, 7) is 9.12. The van der Waals surface area contributed by atoms with Gasteiger partial charge in [-0.1, -0.05) is 13.3 Å². The lowest BCUT2D eigenvalue weighted by molar-refractivity contribution is 0.0553. The molecule has 1 saturated heterocycles. The molecule has 0 aliphatic carbocycles. The molecule has 0 aromatic carbocycles.